The summed E-state index contributed by atoms with van der Waals surface area (Å²) < 4.78 is 0.859. The first-order valence-corrected chi connectivity index (χ1v) is 9.87. The molecule has 0 saturated carbocycles. The third-order valence-corrected chi connectivity index (χ3v) is 5.67. The standard InChI is InChI=1S/C21H14ClN3O3S/c22-17-10-5-11-18-19(17)23-21(29-18)24(13-14-6-2-1-3-7-14)20(26)15-8-4-9-16(12-15)25(27)28/h1-12H,13H2. The fourth-order valence-electron chi connectivity index (χ4n) is 2.92. The Morgan fingerprint density at radius 1 is 1.07 bits per heavy atom. The van der Waals surface area contributed by atoms with Crippen molar-refractivity contribution < 1.29 is 9.72 Å². The highest BCUT2D eigenvalue weighted by Crippen LogP contribution is 2.34. The Morgan fingerprint density at radius 2 is 1.83 bits per heavy atom. The summed E-state index contributed by atoms with van der Waals surface area (Å²) >= 11 is 7.60. The lowest BCUT2D eigenvalue weighted by Gasteiger charge is -2.20. The summed E-state index contributed by atoms with van der Waals surface area (Å²) in [5.41, 5.74) is 1.62. The molecule has 0 aliphatic carbocycles. The third kappa shape index (κ3) is 3.96. The van der Waals surface area contributed by atoms with Crippen molar-refractivity contribution in [3.05, 3.63) is 99.1 Å². The molecule has 0 fully saturated rings. The number of thiazole rings is 1. The molecule has 4 rings (SSSR count). The first-order valence-electron chi connectivity index (χ1n) is 8.68. The average Bonchev–Trinajstić information content (AvgIpc) is 3.18. The second kappa shape index (κ2) is 7.98. The molecule has 0 unspecified atom stereocenters. The molecule has 4 aromatic rings. The van der Waals surface area contributed by atoms with Crippen LogP contribution in [0.25, 0.3) is 10.2 Å². The molecule has 1 heterocycles. The Labute approximate surface area is 175 Å². The van der Waals surface area contributed by atoms with Crippen molar-refractivity contribution in [2.75, 3.05) is 4.90 Å². The zero-order valence-corrected chi connectivity index (χ0v) is 16.6. The fraction of sp³-hybridized carbons (Fsp3) is 0.0476. The van der Waals surface area contributed by atoms with Gasteiger partial charge in [0.25, 0.3) is 11.6 Å². The van der Waals surface area contributed by atoms with Gasteiger partial charge in [-0.1, -0.05) is 65.4 Å². The Balaban J connectivity index is 1.79. The van der Waals surface area contributed by atoms with Crippen LogP contribution in [-0.2, 0) is 6.54 Å². The first kappa shape index (κ1) is 19.0. The molecule has 1 amide bonds. The Kier molecular flexibility index (Phi) is 5.24. The number of amides is 1. The van der Waals surface area contributed by atoms with Crippen LogP contribution in [0.2, 0.25) is 5.02 Å². The maximum atomic E-state index is 13.3. The SMILES string of the molecule is O=C(c1cccc([N+](=O)[O-])c1)N(Cc1ccccc1)c1nc2c(Cl)cccc2s1. The van der Waals surface area contributed by atoms with Crippen molar-refractivity contribution >= 4 is 49.9 Å². The largest absolute Gasteiger partial charge is 0.279 e. The number of non-ortho nitro benzene ring substituents is 1. The molecule has 8 heteroatoms. The average molecular weight is 424 g/mol. The summed E-state index contributed by atoms with van der Waals surface area (Å²) in [5.74, 6) is -0.368. The molecule has 0 aliphatic rings. The minimum atomic E-state index is -0.518. The molecule has 0 N–H and O–H groups in total. The number of para-hydroxylation sites is 1. The molecular weight excluding hydrogens is 410 g/mol. The van der Waals surface area contributed by atoms with E-state index in [4.69, 9.17) is 11.6 Å². The highest BCUT2D eigenvalue weighted by atomic mass is 35.5. The lowest BCUT2D eigenvalue weighted by molar-refractivity contribution is -0.384. The number of rotatable bonds is 5. The number of aromatic nitrogens is 1. The number of carbonyl (C=O) groups excluding carboxylic acids is 1. The van der Waals surface area contributed by atoms with E-state index < -0.39 is 4.92 Å². The zero-order valence-electron chi connectivity index (χ0n) is 15.0. The van der Waals surface area contributed by atoms with E-state index in [9.17, 15) is 14.9 Å². The maximum Gasteiger partial charge on any atom is 0.270 e. The van der Waals surface area contributed by atoms with E-state index in [1.165, 1.54) is 34.4 Å². The second-order valence-corrected chi connectivity index (χ2v) is 7.68. The molecule has 1 aromatic heterocycles. The first-order chi connectivity index (χ1) is 14.0. The number of anilines is 1. The van der Waals surface area contributed by atoms with Gasteiger partial charge in [-0.05, 0) is 23.8 Å². The van der Waals surface area contributed by atoms with Crippen LogP contribution in [0.15, 0.2) is 72.8 Å². The summed E-state index contributed by atoms with van der Waals surface area (Å²) in [7, 11) is 0. The minimum Gasteiger partial charge on any atom is -0.279 e. The number of nitro benzene ring substituents is 1. The van der Waals surface area contributed by atoms with Crippen LogP contribution >= 0.6 is 22.9 Å². The van der Waals surface area contributed by atoms with Crippen LogP contribution in [0.5, 0.6) is 0 Å². The lowest BCUT2D eigenvalue weighted by Crippen LogP contribution is -2.30. The highest BCUT2D eigenvalue weighted by Gasteiger charge is 2.23. The predicted octanol–water partition coefficient (Wildman–Crippen LogP) is 5.70. The number of nitrogens with zero attached hydrogens (tertiary/aromatic N) is 3. The van der Waals surface area contributed by atoms with Gasteiger partial charge in [0, 0.05) is 17.7 Å². The molecular formula is C21H14ClN3O3S. The van der Waals surface area contributed by atoms with Gasteiger partial charge < -0.3 is 0 Å². The molecule has 0 bridgehead atoms. The van der Waals surface area contributed by atoms with Crippen LogP contribution in [-0.4, -0.2) is 15.8 Å². The third-order valence-electron chi connectivity index (χ3n) is 4.32. The van der Waals surface area contributed by atoms with Crippen LogP contribution in [0.3, 0.4) is 0 Å². The Bertz CT molecular complexity index is 1210. The van der Waals surface area contributed by atoms with Gasteiger partial charge >= 0.3 is 0 Å². The van der Waals surface area contributed by atoms with Gasteiger partial charge in [-0.2, -0.15) is 0 Å². The van der Waals surface area contributed by atoms with Crippen LogP contribution in [0.1, 0.15) is 15.9 Å². The number of carbonyl (C=O) groups is 1. The van der Waals surface area contributed by atoms with Crippen LogP contribution in [0.4, 0.5) is 10.8 Å². The second-order valence-electron chi connectivity index (χ2n) is 6.27. The van der Waals surface area contributed by atoms with Crippen molar-refractivity contribution in [1.82, 2.24) is 4.98 Å². The Morgan fingerprint density at radius 3 is 2.55 bits per heavy atom. The smallest absolute Gasteiger partial charge is 0.270 e. The minimum absolute atomic E-state index is 0.136. The summed E-state index contributed by atoms with van der Waals surface area (Å²) in [4.78, 5) is 30.0. The van der Waals surface area contributed by atoms with Crippen molar-refractivity contribution in [3.63, 3.8) is 0 Å². The van der Waals surface area contributed by atoms with Gasteiger partial charge in [0.2, 0.25) is 0 Å². The summed E-state index contributed by atoms with van der Waals surface area (Å²) in [5, 5.41) is 12.1. The van der Waals surface area contributed by atoms with Crippen LogP contribution < -0.4 is 4.90 Å². The van der Waals surface area contributed by atoms with Crippen molar-refractivity contribution in [2.45, 2.75) is 6.54 Å². The number of nitro groups is 1. The predicted molar refractivity (Wildman–Crippen MR) is 115 cm³/mol. The van der Waals surface area contributed by atoms with E-state index in [1.807, 2.05) is 42.5 Å². The van der Waals surface area contributed by atoms with Gasteiger partial charge in [0.15, 0.2) is 5.13 Å². The molecule has 0 spiro atoms. The molecule has 144 valence electrons. The van der Waals surface area contributed by atoms with E-state index >= 15 is 0 Å². The molecule has 0 saturated heterocycles. The van der Waals surface area contributed by atoms with Crippen molar-refractivity contribution in [3.8, 4) is 0 Å². The molecule has 0 aliphatic heterocycles. The molecule has 0 radical (unpaired) electrons. The fourth-order valence-corrected chi connectivity index (χ4v) is 4.18. The van der Waals surface area contributed by atoms with Gasteiger partial charge in [0.1, 0.15) is 5.52 Å². The zero-order chi connectivity index (χ0) is 20.4. The van der Waals surface area contributed by atoms with E-state index in [0.717, 1.165) is 10.3 Å². The normalized spacial score (nSPS) is 10.8. The quantitative estimate of drug-likeness (QED) is 0.304. The molecule has 0 atom stereocenters. The Hall–Kier alpha value is -3.29. The van der Waals surface area contributed by atoms with E-state index in [2.05, 4.69) is 4.98 Å². The lowest BCUT2D eigenvalue weighted by atomic mass is 10.1. The number of hydrogen-bond acceptors (Lipinski definition) is 5. The van der Waals surface area contributed by atoms with Gasteiger partial charge in [0.05, 0.1) is 21.2 Å². The van der Waals surface area contributed by atoms with Crippen LogP contribution in [0, 0.1) is 10.1 Å². The topological polar surface area (TPSA) is 76.3 Å². The number of hydrogen-bond donors (Lipinski definition) is 0. The van der Waals surface area contributed by atoms with E-state index in [0.29, 0.717) is 15.7 Å². The molecule has 29 heavy (non-hydrogen) atoms. The van der Waals surface area contributed by atoms with Gasteiger partial charge in [-0.15, -0.1) is 0 Å². The number of fused-ring (bicyclic) bond motifs is 1. The molecule has 3 aromatic carbocycles. The maximum absolute atomic E-state index is 13.3. The summed E-state index contributed by atoms with van der Waals surface area (Å²) in [6.07, 6.45) is 0. The van der Waals surface area contributed by atoms with Gasteiger partial charge in [-0.25, -0.2) is 4.98 Å². The summed E-state index contributed by atoms with van der Waals surface area (Å²) in [6.45, 7) is 0.278. The summed E-state index contributed by atoms with van der Waals surface area (Å²) in [6, 6.07) is 20.7. The number of halogens is 1. The molecule has 6 nitrogen and oxygen atoms in total. The highest BCUT2D eigenvalue weighted by molar-refractivity contribution is 7.22. The van der Waals surface area contributed by atoms with Gasteiger partial charge in [-0.3, -0.25) is 19.8 Å². The van der Waals surface area contributed by atoms with E-state index in [1.54, 1.807) is 12.1 Å². The number of benzene rings is 3. The monoisotopic (exact) mass is 423 g/mol. The van der Waals surface area contributed by atoms with E-state index in [-0.39, 0.29) is 23.7 Å². The van der Waals surface area contributed by atoms with Crippen molar-refractivity contribution in [2.24, 2.45) is 0 Å². The van der Waals surface area contributed by atoms with Crippen molar-refractivity contribution in [1.29, 1.82) is 0 Å².